The Labute approximate surface area is 171 Å². The smallest absolute Gasteiger partial charge is 0.200 e. The summed E-state index contributed by atoms with van der Waals surface area (Å²) in [5.74, 6) is 0.846. The van der Waals surface area contributed by atoms with Crippen molar-refractivity contribution in [2.45, 2.75) is 38.5 Å². The van der Waals surface area contributed by atoms with E-state index in [1.807, 2.05) is 19.1 Å². The molecule has 6 nitrogen and oxygen atoms in total. The van der Waals surface area contributed by atoms with Crippen LogP contribution in [0.15, 0.2) is 60.0 Å². The van der Waals surface area contributed by atoms with E-state index in [4.69, 9.17) is 15.2 Å². The van der Waals surface area contributed by atoms with E-state index in [2.05, 4.69) is 60.2 Å². The van der Waals surface area contributed by atoms with Crippen molar-refractivity contribution in [1.82, 2.24) is 10.9 Å². The standard InChI is InChI=1S/C23H26N4O2/c1-3-14-5-7-15(8-6-14)19-18(13-24)22(25)29-23-20(19)21(26-27-23)16-9-11-17(12-10-16)28-4-2/h5-12,19-21,23,26-27H,3-4,25H2,1-2H3. The molecule has 4 unspecified atom stereocenters. The molecule has 4 atom stereocenters. The minimum Gasteiger partial charge on any atom is -0.494 e. The first-order chi connectivity index (χ1) is 14.2. The molecule has 0 saturated carbocycles. The maximum atomic E-state index is 9.84. The second-order valence-corrected chi connectivity index (χ2v) is 7.35. The fourth-order valence-corrected chi connectivity index (χ4v) is 4.28. The summed E-state index contributed by atoms with van der Waals surface area (Å²) in [5.41, 5.74) is 16.6. The molecule has 0 aliphatic carbocycles. The Hall–Kier alpha value is -3.01. The van der Waals surface area contributed by atoms with Crippen LogP contribution < -0.4 is 21.3 Å². The lowest BCUT2D eigenvalue weighted by Gasteiger charge is -2.36. The molecule has 0 amide bonds. The fraction of sp³-hybridized carbons (Fsp3) is 0.348. The third kappa shape index (κ3) is 3.55. The number of nitrogens with two attached hydrogens (primary N) is 1. The van der Waals surface area contributed by atoms with Crippen LogP contribution in [0.2, 0.25) is 0 Å². The van der Waals surface area contributed by atoms with Crippen molar-refractivity contribution in [2.75, 3.05) is 6.61 Å². The van der Waals surface area contributed by atoms with E-state index >= 15 is 0 Å². The molecule has 2 heterocycles. The molecule has 2 aromatic rings. The van der Waals surface area contributed by atoms with Gasteiger partial charge in [0.05, 0.1) is 18.2 Å². The third-order valence-corrected chi connectivity index (χ3v) is 5.75. The number of nitrogens with one attached hydrogen (secondary N) is 2. The van der Waals surface area contributed by atoms with E-state index in [9.17, 15) is 5.26 Å². The Morgan fingerprint density at radius 2 is 1.72 bits per heavy atom. The number of allylic oxidation sites excluding steroid dienone is 1. The lowest BCUT2D eigenvalue weighted by atomic mass is 9.74. The summed E-state index contributed by atoms with van der Waals surface area (Å²) in [6.07, 6.45) is 0.653. The van der Waals surface area contributed by atoms with Crippen LogP contribution in [0, 0.1) is 17.2 Å². The van der Waals surface area contributed by atoms with Gasteiger partial charge in [-0.1, -0.05) is 43.3 Å². The maximum Gasteiger partial charge on any atom is 0.200 e. The van der Waals surface area contributed by atoms with Crippen molar-refractivity contribution in [3.63, 3.8) is 0 Å². The van der Waals surface area contributed by atoms with Crippen LogP contribution in [-0.2, 0) is 11.2 Å². The summed E-state index contributed by atoms with van der Waals surface area (Å²) in [7, 11) is 0. The summed E-state index contributed by atoms with van der Waals surface area (Å²) < 4.78 is 11.4. The number of rotatable bonds is 5. The molecule has 0 radical (unpaired) electrons. The van der Waals surface area contributed by atoms with Gasteiger partial charge in [-0.3, -0.25) is 0 Å². The fourth-order valence-electron chi connectivity index (χ4n) is 4.28. The van der Waals surface area contributed by atoms with E-state index in [0.29, 0.717) is 12.2 Å². The van der Waals surface area contributed by atoms with Gasteiger partial charge in [0.15, 0.2) is 6.23 Å². The first-order valence-corrected chi connectivity index (χ1v) is 10.0. The number of hydrogen-bond acceptors (Lipinski definition) is 6. The highest BCUT2D eigenvalue weighted by atomic mass is 16.5. The van der Waals surface area contributed by atoms with Crippen molar-refractivity contribution in [3.05, 3.63) is 76.7 Å². The van der Waals surface area contributed by atoms with Crippen molar-refractivity contribution >= 4 is 0 Å². The van der Waals surface area contributed by atoms with Gasteiger partial charge in [0, 0.05) is 11.8 Å². The molecule has 2 aliphatic heterocycles. The molecule has 1 fully saturated rings. The zero-order valence-electron chi connectivity index (χ0n) is 16.7. The zero-order valence-corrected chi connectivity index (χ0v) is 16.7. The summed E-state index contributed by atoms with van der Waals surface area (Å²) in [6, 6.07) is 18.7. The number of nitriles is 1. The predicted molar refractivity (Wildman–Crippen MR) is 110 cm³/mol. The lowest BCUT2D eigenvalue weighted by molar-refractivity contribution is 0.0340. The Balaban J connectivity index is 1.73. The Kier molecular flexibility index (Phi) is 5.43. The first kappa shape index (κ1) is 19.3. The SMILES string of the molecule is CCOc1ccc(C2NNC3OC(N)=C(C#N)C(c4ccc(CC)cc4)C32)cc1. The van der Waals surface area contributed by atoms with Crippen LogP contribution in [0.3, 0.4) is 0 Å². The first-order valence-electron chi connectivity index (χ1n) is 10.0. The largest absolute Gasteiger partial charge is 0.494 e. The monoisotopic (exact) mass is 390 g/mol. The molecule has 0 bridgehead atoms. The molecule has 150 valence electrons. The van der Waals surface area contributed by atoms with Gasteiger partial charge in [-0.2, -0.15) is 5.26 Å². The molecule has 29 heavy (non-hydrogen) atoms. The highest BCUT2D eigenvalue weighted by Crippen LogP contribution is 2.47. The maximum absolute atomic E-state index is 9.84. The Morgan fingerprint density at radius 3 is 2.34 bits per heavy atom. The van der Waals surface area contributed by atoms with Gasteiger partial charge in [0.25, 0.3) is 0 Å². The highest BCUT2D eigenvalue weighted by Gasteiger charge is 2.49. The number of hydrogen-bond donors (Lipinski definition) is 3. The average molecular weight is 390 g/mol. The van der Waals surface area contributed by atoms with E-state index in [0.717, 1.165) is 23.3 Å². The molecule has 4 N–H and O–H groups in total. The van der Waals surface area contributed by atoms with Gasteiger partial charge in [-0.05, 0) is 42.2 Å². The van der Waals surface area contributed by atoms with Gasteiger partial charge in [0.2, 0.25) is 5.88 Å². The molecule has 0 aromatic heterocycles. The number of aryl methyl sites for hydroxylation is 1. The normalized spacial score (nSPS) is 25.8. The van der Waals surface area contributed by atoms with Gasteiger partial charge in [-0.25, -0.2) is 10.9 Å². The molecule has 4 rings (SSSR count). The molecule has 2 aliphatic rings. The van der Waals surface area contributed by atoms with Crippen molar-refractivity contribution in [1.29, 1.82) is 5.26 Å². The molecule has 6 heteroatoms. The van der Waals surface area contributed by atoms with Crippen molar-refractivity contribution in [2.24, 2.45) is 11.7 Å². The predicted octanol–water partition coefficient (Wildman–Crippen LogP) is 3.25. The number of nitrogens with zero attached hydrogens (tertiary/aromatic N) is 1. The van der Waals surface area contributed by atoms with Gasteiger partial charge < -0.3 is 15.2 Å². The topological polar surface area (TPSA) is 92.3 Å². The number of fused-ring (bicyclic) bond motifs is 1. The van der Waals surface area contributed by atoms with Crippen LogP contribution >= 0.6 is 0 Å². The van der Waals surface area contributed by atoms with Gasteiger partial charge >= 0.3 is 0 Å². The summed E-state index contributed by atoms with van der Waals surface area (Å²) in [4.78, 5) is 0. The lowest BCUT2D eigenvalue weighted by Crippen LogP contribution is -2.40. The molecular formula is C23H26N4O2. The van der Waals surface area contributed by atoms with Gasteiger partial charge in [-0.15, -0.1) is 0 Å². The minimum absolute atomic E-state index is 0.0256. The Morgan fingerprint density at radius 1 is 1.03 bits per heavy atom. The summed E-state index contributed by atoms with van der Waals surface area (Å²) in [6.45, 7) is 4.73. The average Bonchev–Trinajstić information content (AvgIpc) is 3.17. The zero-order chi connectivity index (χ0) is 20.4. The van der Waals surface area contributed by atoms with Crippen molar-refractivity contribution < 1.29 is 9.47 Å². The quantitative estimate of drug-likeness (QED) is 0.726. The second kappa shape index (κ2) is 8.16. The summed E-state index contributed by atoms with van der Waals surface area (Å²) >= 11 is 0. The van der Waals surface area contributed by atoms with E-state index in [1.165, 1.54) is 5.56 Å². The number of hydrazine groups is 1. The molecule has 0 spiro atoms. The second-order valence-electron chi connectivity index (χ2n) is 7.35. The number of ether oxygens (including phenoxy) is 2. The van der Waals surface area contributed by atoms with E-state index in [-0.39, 0.29) is 30.0 Å². The minimum atomic E-state index is -0.320. The Bertz CT molecular complexity index is 931. The highest BCUT2D eigenvalue weighted by molar-refractivity contribution is 5.43. The third-order valence-electron chi connectivity index (χ3n) is 5.75. The van der Waals surface area contributed by atoms with Gasteiger partial charge in [0.1, 0.15) is 11.8 Å². The molecule has 2 aromatic carbocycles. The molecule has 1 saturated heterocycles. The van der Waals surface area contributed by atoms with Crippen LogP contribution in [-0.4, -0.2) is 12.8 Å². The van der Waals surface area contributed by atoms with Crippen LogP contribution in [0.4, 0.5) is 0 Å². The molecular weight excluding hydrogens is 364 g/mol. The van der Waals surface area contributed by atoms with E-state index < -0.39 is 0 Å². The van der Waals surface area contributed by atoms with Crippen LogP contribution in [0.1, 0.15) is 42.5 Å². The van der Waals surface area contributed by atoms with Crippen LogP contribution in [0.25, 0.3) is 0 Å². The number of benzene rings is 2. The van der Waals surface area contributed by atoms with Crippen molar-refractivity contribution in [3.8, 4) is 11.8 Å². The van der Waals surface area contributed by atoms with E-state index in [1.54, 1.807) is 0 Å². The van der Waals surface area contributed by atoms with Crippen LogP contribution in [0.5, 0.6) is 5.75 Å². The summed E-state index contributed by atoms with van der Waals surface area (Å²) in [5, 5.41) is 9.84.